The highest BCUT2D eigenvalue weighted by Crippen LogP contribution is 2.21. The molecule has 76 valence electrons. The molecule has 1 aliphatic heterocycles. The highest BCUT2D eigenvalue weighted by atomic mass is 79.9. The quantitative estimate of drug-likeness (QED) is 0.873. The zero-order valence-electron chi connectivity index (χ0n) is 8.33. The number of benzene rings is 1. The van der Waals surface area contributed by atoms with Gasteiger partial charge in [0.15, 0.2) is 0 Å². The van der Waals surface area contributed by atoms with Crippen molar-refractivity contribution in [3.63, 3.8) is 0 Å². The number of hydrogen-bond donors (Lipinski definition) is 1. The van der Waals surface area contributed by atoms with Crippen LogP contribution in [0.1, 0.15) is 12.8 Å². The standard InChI is InChI=1S/C11H15BrN2/c1-14(11-3-2-8-13-11)10-6-4-9(12)5-7-10/h4-7,11,13H,2-3,8H2,1H3. The van der Waals surface area contributed by atoms with Gasteiger partial charge in [0, 0.05) is 17.2 Å². The van der Waals surface area contributed by atoms with Crippen molar-refractivity contribution in [3.8, 4) is 0 Å². The Morgan fingerprint density at radius 2 is 2.07 bits per heavy atom. The molecular formula is C11H15BrN2. The molecule has 0 saturated carbocycles. The third-order valence-corrected chi connectivity index (χ3v) is 3.26. The molecule has 1 aliphatic rings. The average Bonchev–Trinajstić information content (AvgIpc) is 2.71. The summed E-state index contributed by atoms with van der Waals surface area (Å²) in [5, 5.41) is 3.48. The summed E-state index contributed by atoms with van der Waals surface area (Å²) in [5.74, 6) is 0. The lowest BCUT2D eigenvalue weighted by Gasteiger charge is -2.26. The first-order valence-corrected chi connectivity index (χ1v) is 5.78. The summed E-state index contributed by atoms with van der Waals surface area (Å²) in [7, 11) is 2.15. The lowest BCUT2D eigenvalue weighted by Crippen LogP contribution is -2.39. The Kier molecular flexibility index (Phi) is 3.08. The van der Waals surface area contributed by atoms with E-state index in [2.05, 4.69) is 57.5 Å². The molecule has 2 nitrogen and oxygen atoms in total. The van der Waals surface area contributed by atoms with Crippen LogP contribution in [0.2, 0.25) is 0 Å². The fourth-order valence-electron chi connectivity index (χ4n) is 1.85. The zero-order valence-corrected chi connectivity index (χ0v) is 9.92. The van der Waals surface area contributed by atoms with Crippen molar-refractivity contribution in [2.45, 2.75) is 19.0 Å². The fourth-order valence-corrected chi connectivity index (χ4v) is 2.12. The van der Waals surface area contributed by atoms with Gasteiger partial charge in [-0.25, -0.2) is 0 Å². The van der Waals surface area contributed by atoms with Gasteiger partial charge in [0.1, 0.15) is 0 Å². The molecule has 1 aromatic rings. The smallest absolute Gasteiger partial charge is 0.0793 e. The van der Waals surface area contributed by atoms with Crippen molar-refractivity contribution < 1.29 is 0 Å². The highest BCUT2D eigenvalue weighted by molar-refractivity contribution is 9.10. The fraction of sp³-hybridized carbons (Fsp3) is 0.455. The van der Waals surface area contributed by atoms with Crippen molar-refractivity contribution >= 4 is 21.6 Å². The molecule has 0 amide bonds. The van der Waals surface area contributed by atoms with E-state index in [1.54, 1.807) is 0 Å². The molecule has 0 bridgehead atoms. The summed E-state index contributed by atoms with van der Waals surface area (Å²) in [6.45, 7) is 1.14. The van der Waals surface area contributed by atoms with Crippen LogP contribution in [-0.4, -0.2) is 19.8 Å². The number of nitrogens with zero attached hydrogens (tertiary/aromatic N) is 1. The van der Waals surface area contributed by atoms with Gasteiger partial charge in [-0.3, -0.25) is 5.32 Å². The second kappa shape index (κ2) is 4.32. The van der Waals surface area contributed by atoms with Gasteiger partial charge in [0.2, 0.25) is 0 Å². The van der Waals surface area contributed by atoms with Crippen LogP contribution in [-0.2, 0) is 0 Å². The van der Waals surface area contributed by atoms with E-state index in [0.29, 0.717) is 6.17 Å². The van der Waals surface area contributed by atoms with Crippen molar-refractivity contribution in [1.82, 2.24) is 5.32 Å². The summed E-state index contributed by atoms with van der Waals surface area (Å²) >= 11 is 3.44. The summed E-state index contributed by atoms with van der Waals surface area (Å²) in [6, 6.07) is 8.45. The van der Waals surface area contributed by atoms with Crippen molar-refractivity contribution in [3.05, 3.63) is 28.7 Å². The maximum absolute atomic E-state index is 3.48. The van der Waals surface area contributed by atoms with Gasteiger partial charge >= 0.3 is 0 Å². The Hall–Kier alpha value is -0.540. The second-order valence-corrected chi connectivity index (χ2v) is 4.62. The van der Waals surface area contributed by atoms with Crippen LogP contribution in [0.4, 0.5) is 5.69 Å². The Morgan fingerprint density at radius 1 is 1.36 bits per heavy atom. The van der Waals surface area contributed by atoms with E-state index >= 15 is 0 Å². The van der Waals surface area contributed by atoms with E-state index in [1.165, 1.54) is 18.5 Å². The first-order valence-electron chi connectivity index (χ1n) is 4.99. The number of nitrogens with one attached hydrogen (secondary N) is 1. The van der Waals surface area contributed by atoms with Gasteiger partial charge in [-0.2, -0.15) is 0 Å². The van der Waals surface area contributed by atoms with Gasteiger partial charge in [-0.15, -0.1) is 0 Å². The van der Waals surface area contributed by atoms with E-state index in [-0.39, 0.29) is 0 Å². The molecule has 1 aromatic carbocycles. The molecule has 14 heavy (non-hydrogen) atoms. The molecule has 1 saturated heterocycles. The molecule has 0 aromatic heterocycles. The summed E-state index contributed by atoms with van der Waals surface area (Å²) in [5.41, 5.74) is 1.27. The van der Waals surface area contributed by atoms with E-state index in [4.69, 9.17) is 0 Å². The van der Waals surface area contributed by atoms with E-state index in [9.17, 15) is 0 Å². The lowest BCUT2D eigenvalue weighted by molar-refractivity contribution is 0.594. The largest absolute Gasteiger partial charge is 0.359 e. The predicted octanol–water partition coefficient (Wildman–Crippen LogP) is 2.59. The van der Waals surface area contributed by atoms with Gasteiger partial charge in [-0.1, -0.05) is 15.9 Å². The first-order chi connectivity index (χ1) is 6.77. The summed E-state index contributed by atoms with van der Waals surface area (Å²) in [6.07, 6.45) is 3.04. The summed E-state index contributed by atoms with van der Waals surface area (Å²) < 4.78 is 1.13. The van der Waals surface area contributed by atoms with Crippen LogP contribution < -0.4 is 10.2 Å². The number of rotatable bonds is 2. The zero-order chi connectivity index (χ0) is 9.97. The van der Waals surface area contributed by atoms with Crippen molar-refractivity contribution in [2.75, 3.05) is 18.5 Å². The molecular weight excluding hydrogens is 240 g/mol. The monoisotopic (exact) mass is 254 g/mol. The minimum atomic E-state index is 0.510. The van der Waals surface area contributed by atoms with Crippen molar-refractivity contribution in [2.24, 2.45) is 0 Å². The summed E-state index contributed by atoms with van der Waals surface area (Å²) in [4.78, 5) is 2.30. The van der Waals surface area contributed by atoms with Crippen LogP contribution in [0.15, 0.2) is 28.7 Å². The molecule has 0 aliphatic carbocycles. The predicted molar refractivity (Wildman–Crippen MR) is 63.6 cm³/mol. The molecule has 1 heterocycles. The number of anilines is 1. The van der Waals surface area contributed by atoms with E-state index in [1.807, 2.05) is 0 Å². The van der Waals surface area contributed by atoms with Crippen LogP contribution in [0.3, 0.4) is 0 Å². The van der Waals surface area contributed by atoms with Crippen LogP contribution >= 0.6 is 15.9 Å². The normalized spacial score (nSPS) is 21.1. The molecule has 0 radical (unpaired) electrons. The van der Waals surface area contributed by atoms with Gasteiger partial charge < -0.3 is 4.90 Å². The topological polar surface area (TPSA) is 15.3 Å². The van der Waals surface area contributed by atoms with Gasteiger partial charge in [-0.05, 0) is 43.7 Å². The highest BCUT2D eigenvalue weighted by Gasteiger charge is 2.18. The van der Waals surface area contributed by atoms with Crippen LogP contribution in [0.25, 0.3) is 0 Å². The molecule has 1 unspecified atom stereocenters. The Bertz CT molecular complexity index is 291. The third-order valence-electron chi connectivity index (χ3n) is 2.74. The van der Waals surface area contributed by atoms with Gasteiger partial charge in [0.25, 0.3) is 0 Å². The molecule has 3 heteroatoms. The average molecular weight is 255 g/mol. The lowest BCUT2D eigenvalue weighted by atomic mass is 10.2. The molecule has 1 atom stereocenters. The van der Waals surface area contributed by atoms with Gasteiger partial charge in [0.05, 0.1) is 6.17 Å². The molecule has 1 fully saturated rings. The Morgan fingerprint density at radius 3 is 2.64 bits per heavy atom. The second-order valence-electron chi connectivity index (χ2n) is 3.70. The maximum Gasteiger partial charge on any atom is 0.0793 e. The Labute approximate surface area is 93.4 Å². The molecule has 2 rings (SSSR count). The number of hydrogen-bond acceptors (Lipinski definition) is 2. The first kappa shape index (κ1) is 9.99. The van der Waals surface area contributed by atoms with Crippen LogP contribution in [0, 0.1) is 0 Å². The SMILES string of the molecule is CN(c1ccc(Br)cc1)C1CCCN1. The van der Waals surface area contributed by atoms with E-state index < -0.39 is 0 Å². The minimum absolute atomic E-state index is 0.510. The van der Waals surface area contributed by atoms with E-state index in [0.717, 1.165) is 11.0 Å². The van der Waals surface area contributed by atoms with Crippen molar-refractivity contribution in [1.29, 1.82) is 0 Å². The van der Waals surface area contributed by atoms with Crippen LogP contribution in [0.5, 0.6) is 0 Å². The maximum atomic E-state index is 3.48. The minimum Gasteiger partial charge on any atom is -0.359 e. The molecule has 1 N–H and O–H groups in total. The Balaban J connectivity index is 2.09. The number of halogens is 1. The molecule has 0 spiro atoms. The third kappa shape index (κ3) is 2.10.